The Hall–Kier alpha value is -2.08. The van der Waals surface area contributed by atoms with Crippen molar-refractivity contribution in [2.75, 3.05) is 14.2 Å². The van der Waals surface area contributed by atoms with Crippen LogP contribution in [0.3, 0.4) is 0 Å². The molecule has 3 atom stereocenters. The lowest BCUT2D eigenvalue weighted by molar-refractivity contribution is -0.148. The van der Waals surface area contributed by atoms with Gasteiger partial charge in [-0.2, -0.15) is 0 Å². The first kappa shape index (κ1) is 18.3. The van der Waals surface area contributed by atoms with E-state index in [1.807, 2.05) is 30.3 Å². The van der Waals surface area contributed by atoms with Crippen molar-refractivity contribution in [1.29, 1.82) is 0 Å². The van der Waals surface area contributed by atoms with E-state index in [-0.39, 0.29) is 5.92 Å². The Bertz CT molecular complexity index is 581. The number of likely N-dealkylation sites (tertiary alicyclic amines) is 1. The van der Waals surface area contributed by atoms with Crippen molar-refractivity contribution in [3.63, 3.8) is 0 Å². The Morgan fingerprint density at radius 3 is 2.25 bits per heavy atom. The zero-order valence-corrected chi connectivity index (χ0v) is 14.8. The van der Waals surface area contributed by atoms with E-state index >= 15 is 0 Å². The highest BCUT2D eigenvalue weighted by atomic mass is 16.6. The first-order valence-electron chi connectivity index (χ1n) is 7.95. The molecule has 1 aromatic carbocycles. The summed E-state index contributed by atoms with van der Waals surface area (Å²) < 4.78 is 15.9. The Kier molecular flexibility index (Phi) is 5.49. The van der Waals surface area contributed by atoms with E-state index in [1.165, 1.54) is 19.1 Å². The second kappa shape index (κ2) is 7.21. The number of carbonyl (C=O) groups excluding carboxylic acids is 2. The van der Waals surface area contributed by atoms with Gasteiger partial charge in [0.1, 0.15) is 17.9 Å². The van der Waals surface area contributed by atoms with Crippen LogP contribution in [0.4, 0.5) is 4.79 Å². The molecule has 1 saturated heterocycles. The highest BCUT2D eigenvalue weighted by molar-refractivity contribution is 5.83. The van der Waals surface area contributed by atoms with Crippen LogP contribution in [0.15, 0.2) is 30.3 Å². The van der Waals surface area contributed by atoms with Crippen LogP contribution in [-0.2, 0) is 19.0 Å². The predicted octanol–water partition coefficient (Wildman–Crippen LogP) is 2.93. The zero-order valence-electron chi connectivity index (χ0n) is 14.8. The van der Waals surface area contributed by atoms with Gasteiger partial charge in [0.15, 0.2) is 0 Å². The standard InChI is InChI=1S/C18H25NO5/c1-18(2,3)24-17(21)19-14(22-4)11-13(15(19)16(20)23-5)12-9-7-6-8-10-12/h6-10,13-15H,11H2,1-5H3/t13-,14?,15-/m0/s1. The van der Waals surface area contributed by atoms with Crippen LogP contribution in [0.2, 0.25) is 0 Å². The molecular weight excluding hydrogens is 310 g/mol. The third kappa shape index (κ3) is 3.87. The Morgan fingerprint density at radius 1 is 1.12 bits per heavy atom. The maximum atomic E-state index is 12.7. The van der Waals surface area contributed by atoms with Crippen LogP contribution < -0.4 is 0 Å². The lowest BCUT2D eigenvalue weighted by Gasteiger charge is -2.31. The van der Waals surface area contributed by atoms with Crippen LogP contribution in [-0.4, -0.2) is 49.1 Å². The van der Waals surface area contributed by atoms with Crippen LogP contribution in [0.5, 0.6) is 0 Å². The fourth-order valence-corrected chi connectivity index (χ4v) is 3.01. The Balaban J connectivity index is 2.38. The van der Waals surface area contributed by atoms with Gasteiger partial charge >= 0.3 is 12.1 Å². The first-order chi connectivity index (χ1) is 11.3. The molecule has 0 aromatic heterocycles. The lowest BCUT2D eigenvalue weighted by atomic mass is 9.91. The second-order valence-corrected chi connectivity index (χ2v) is 6.80. The molecule has 2 rings (SSSR count). The molecule has 132 valence electrons. The average molecular weight is 335 g/mol. The fraction of sp³-hybridized carbons (Fsp3) is 0.556. The number of carbonyl (C=O) groups is 2. The molecule has 6 nitrogen and oxygen atoms in total. The van der Waals surface area contributed by atoms with Crippen molar-refractivity contribution in [2.45, 2.75) is 51.0 Å². The number of benzene rings is 1. The van der Waals surface area contributed by atoms with Crippen LogP contribution in [0, 0.1) is 0 Å². The summed E-state index contributed by atoms with van der Waals surface area (Å²) in [5.74, 6) is -0.689. The van der Waals surface area contributed by atoms with Gasteiger partial charge in [-0.05, 0) is 26.3 Å². The molecule has 0 aliphatic carbocycles. The van der Waals surface area contributed by atoms with E-state index in [1.54, 1.807) is 20.8 Å². The topological polar surface area (TPSA) is 65.1 Å². The third-order valence-corrected chi connectivity index (χ3v) is 3.99. The Morgan fingerprint density at radius 2 is 1.75 bits per heavy atom. The van der Waals surface area contributed by atoms with Crippen molar-refractivity contribution in [1.82, 2.24) is 4.90 Å². The SMILES string of the molecule is COC(=O)[C@@H]1[C@H](c2ccccc2)CC(OC)N1C(=O)OC(C)(C)C. The van der Waals surface area contributed by atoms with E-state index < -0.39 is 29.9 Å². The van der Waals surface area contributed by atoms with Gasteiger partial charge in [-0.15, -0.1) is 0 Å². The monoisotopic (exact) mass is 335 g/mol. The highest BCUT2D eigenvalue weighted by Gasteiger charge is 2.50. The van der Waals surface area contributed by atoms with E-state index in [0.717, 1.165) is 5.56 Å². The molecule has 1 aromatic rings. The van der Waals surface area contributed by atoms with E-state index in [2.05, 4.69) is 0 Å². The van der Waals surface area contributed by atoms with Gasteiger partial charge in [-0.3, -0.25) is 4.90 Å². The molecule has 1 heterocycles. The van der Waals surface area contributed by atoms with Crippen molar-refractivity contribution < 1.29 is 23.8 Å². The second-order valence-electron chi connectivity index (χ2n) is 6.80. The molecule has 1 fully saturated rings. The van der Waals surface area contributed by atoms with E-state index in [4.69, 9.17) is 14.2 Å². The minimum absolute atomic E-state index is 0.212. The fourth-order valence-electron chi connectivity index (χ4n) is 3.01. The van der Waals surface area contributed by atoms with Gasteiger partial charge in [0, 0.05) is 19.4 Å². The summed E-state index contributed by atoms with van der Waals surface area (Å²) in [6.07, 6.45) is -0.628. The van der Waals surface area contributed by atoms with Gasteiger partial charge in [-0.1, -0.05) is 30.3 Å². The molecular formula is C18H25NO5. The van der Waals surface area contributed by atoms with E-state index in [9.17, 15) is 9.59 Å². The van der Waals surface area contributed by atoms with Crippen molar-refractivity contribution in [2.24, 2.45) is 0 Å². The maximum Gasteiger partial charge on any atom is 0.413 e. The quantitative estimate of drug-likeness (QED) is 0.795. The molecule has 24 heavy (non-hydrogen) atoms. The third-order valence-electron chi connectivity index (χ3n) is 3.99. The molecule has 1 unspecified atom stereocenters. The summed E-state index contributed by atoms with van der Waals surface area (Å²) >= 11 is 0. The van der Waals surface area contributed by atoms with Crippen LogP contribution in [0.1, 0.15) is 38.7 Å². The molecule has 0 saturated carbocycles. The number of methoxy groups -OCH3 is 2. The predicted molar refractivity (Wildman–Crippen MR) is 88.5 cm³/mol. The van der Waals surface area contributed by atoms with Gasteiger partial charge in [-0.25, -0.2) is 9.59 Å². The highest BCUT2D eigenvalue weighted by Crippen LogP contribution is 2.39. The van der Waals surface area contributed by atoms with Gasteiger partial charge in [0.25, 0.3) is 0 Å². The molecule has 0 radical (unpaired) electrons. The van der Waals surface area contributed by atoms with Crippen LogP contribution in [0.25, 0.3) is 0 Å². The van der Waals surface area contributed by atoms with Gasteiger partial charge in [0.2, 0.25) is 0 Å². The maximum absolute atomic E-state index is 12.7. The minimum Gasteiger partial charge on any atom is -0.467 e. The summed E-state index contributed by atoms with van der Waals surface area (Å²) in [5.41, 5.74) is 0.293. The van der Waals surface area contributed by atoms with Crippen molar-refractivity contribution in [3.05, 3.63) is 35.9 Å². The number of ether oxygens (including phenoxy) is 3. The Labute approximate surface area is 142 Å². The smallest absolute Gasteiger partial charge is 0.413 e. The first-order valence-corrected chi connectivity index (χ1v) is 7.95. The summed E-state index contributed by atoms with van der Waals surface area (Å²) in [6.45, 7) is 5.35. The van der Waals surface area contributed by atoms with Gasteiger partial charge in [0.05, 0.1) is 7.11 Å². The largest absolute Gasteiger partial charge is 0.467 e. The van der Waals surface area contributed by atoms with Crippen molar-refractivity contribution in [3.8, 4) is 0 Å². The summed E-state index contributed by atoms with van der Waals surface area (Å²) in [6, 6.07) is 8.81. The molecule has 0 N–H and O–H groups in total. The summed E-state index contributed by atoms with van der Waals surface area (Å²) in [5, 5.41) is 0. The number of nitrogens with zero attached hydrogens (tertiary/aromatic N) is 1. The number of hydrogen-bond acceptors (Lipinski definition) is 5. The number of esters is 1. The molecule has 1 aliphatic heterocycles. The minimum atomic E-state index is -0.780. The van der Waals surface area contributed by atoms with Gasteiger partial charge < -0.3 is 14.2 Å². The summed E-state index contributed by atoms with van der Waals surface area (Å²) in [7, 11) is 2.83. The molecule has 0 spiro atoms. The van der Waals surface area contributed by atoms with Crippen LogP contribution >= 0.6 is 0 Å². The molecule has 1 amide bonds. The molecule has 0 bridgehead atoms. The normalized spacial score (nSPS) is 23.9. The number of hydrogen-bond donors (Lipinski definition) is 0. The molecule has 1 aliphatic rings. The number of rotatable bonds is 3. The lowest BCUT2D eigenvalue weighted by Crippen LogP contribution is -2.49. The molecule has 6 heteroatoms. The van der Waals surface area contributed by atoms with E-state index in [0.29, 0.717) is 6.42 Å². The van der Waals surface area contributed by atoms with Crippen molar-refractivity contribution >= 4 is 12.1 Å². The number of amides is 1. The zero-order chi connectivity index (χ0) is 17.9. The average Bonchev–Trinajstić information content (AvgIpc) is 2.93. The summed E-state index contributed by atoms with van der Waals surface area (Å²) in [4.78, 5) is 26.4.